The predicted molar refractivity (Wildman–Crippen MR) is 69.8 cm³/mol. The van der Waals surface area contributed by atoms with Crippen molar-refractivity contribution in [2.45, 2.75) is 61.9 Å². The molecule has 8 atom stereocenters. The van der Waals surface area contributed by atoms with Crippen LogP contribution in [0.2, 0.25) is 0 Å². The van der Waals surface area contributed by atoms with E-state index in [4.69, 9.17) is 0 Å². The zero-order chi connectivity index (χ0) is 18.8. The lowest BCUT2D eigenvalue weighted by Gasteiger charge is -2.55. The van der Waals surface area contributed by atoms with E-state index in [1.54, 1.807) is 0 Å². The standard InChI is InChI=1S/C16H18F8O/c1-12(17)8-5-9(11-7-3-2-6(4-7)10(8)11)13(12,18)14(25,15(19,20)21)16(22,23)24/h6-11,25H,2-5H2,1H3. The van der Waals surface area contributed by atoms with E-state index in [2.05, 4.69) is 0 Å². The Labute approximate surface area is 138 Å². The Hall–Kier alpha value is -0.600. The lowest BCUT2D eigenvalue weighted by Crippen LogP contribution is -2.77. The summed E-state index contributed by atoms with van der Waals surface area (Å²) in [5, 5.41) is 9.73. The topological polar surface area (TPSA) is 20.2 Å². The second-order valence-corrected chi connectivity index (χ2v) is 8.43. The Bertz CT molecular complexity index is 582. The summed E-state index contributed by atoms with van der Waals surface area (Å²) >= 11 is 0. The molecule has 0 amide bonds. The van der Waals surface area contributed by atoms with Crippen LogP contribution in [0.25, 0.3) is 0 Å². The maximum atomic E-state index is 15.7. The van der Waals surface area contributed by atoms with E-state index in [1.165, 1.54) is 0 Å². The molecule has 8 unspecified atom stereocenters. The molecule has 4 saturated carbocycles. The molecule has 0 aliphatic heterocycles. The summed E-state index contributed by atoms with van der Waals surface area (Å²) < 4.78 is 111. The molecule has 144 valence electrons. The van der Waals surface area contributed by atoms with E-state index < -0.39 is 47.0 Å². The van der Waals surface area contributed by atoms with Crippen molar-refractivity contribution in [1.29, 1.82) is 0 Å². The lowest BCUT2D eigenvalue weighted by atomic mass is 9.56. The molecule has 0 aromatic rings. The van der Waals surface area contributed by atoms with E-state index in [9.17, 15) is 31.4 Å². The van der Waals surface area contributed by atoms with Crippen molar-refractivity contribution in [2.75, 3.05) is 0 Å². The quantitative estimate of drug-likeness (QED) is 0.523. The summed E-state index contributed by atoms with van der Waals surface area (Å²) in [4.78, 5) is 0. The summed E-state index contributed by atoms with van der Waals surface area (Å²) in [5.74, 6) is -4.24. The van der Waals surface area contributed by atoms with Gasteiger partial charge in [-0.05, 0) is 62.2 Å². The molecule has 9 heteroatoms. The summed E-state index contributed by atoms with van der Waals surface area (Å²) in [6.07, 6.45) is -11.1. The van der Waals surface area contributed by atoms with Crippen LogP contribution in [0.3, 0.4) is 0 Å². The van der Waals surface area contributed by atoms with E-state index >= 15 is 8.78 Å². The maximum absolute atomic E-state index is 15.7. The van der Waals surface area contributed by atoms with Crippen molar-refractivity contribution in [3.05, 3.63) is 0 Å². The molecule has 0 radical (unpaired) electrons. The summed E-state index contributed by atoms with van der Waals surface area (Å²) in [7, 11) is 0. The molecule has 0 saturated heterocycles. The van der Waals surface area contributed by atoms with Gasteiger partial charge in [0.25, 0.3) is 5.60 Å². The molecule has 4 fully saturated rings. The molecular weight excluding hydrogens is 360 g/mol. The minimum Gasteiger partial charge on any atom is -0.371 e. The zero-order valence-corrected chi connectivity index (χ0v) is 13.3. The molecule has 0 aromatic heterocycles. The summed E-state index contributed by atoms with van der Waals surface area (Å²) in [5.41, 5.74) is -13.6. The molecule has 0 aromatic carbocycles. The predicted octanol–water partition coefficient (Wildman–Crippen LogP) is 4.59. The van der Waals surface area contributed by atoms with Crippen LogP contribution in [-0.4, -0.2) is 34.4 Å². The minimum atomic E-state index is -6.37. The van der Waals surface area contributed by atoms with Gasteiger partial charge in [0.05, 0.1) is 0 Å². The molecule has 4 aliphatic rings. The van der Waals surface area contributed by atoms with Gasteiger partial charge in [0.2, 0.25) is 0 Å². The van der Waals surface area contributed by atoms with Gasteiger partial charge in [0.15, 0.2) is 5.67 Å². The average Bonchev–Trinajstić information content (AvgIpc) is 3.15. The third-order valence-corrected chi connectivity index (χ3v) is 7.75. The first-order valence-corrected chi connectivity index (χ1v) is 8.43. The number of alkyl halides is 8. The molecular formula is C16H18F8O. The van der Waals surface area contributed by atoms with Gasteiger partial charge < -0.3 is 5.11 Å². The van der Waals surface area contributed by atoms with Crippen molar-refractivity contribution in [3.63, 3.8) is 0 Å². The first-order valence-electron chi connectivity index (χ1n) is 8.43. The zero-order valence-electron chi connectivity index (χ0n) is 13.3. The van der Waals surface area contributed by atoms with Gasteiger partial charge in [-0.2, -0.15) is 26.3 Å². The highest BCUT2D eigenvalue weighted by Gasteiger charge is 2.92. The van der Waals surface area contributed by atoms with Gasteiger partial charge in [-0.15, -0.1) is 0 Å². The van der Waals surface area contributed by atoms with E-state index in [-0.39, 0.29) is 24.2 Å². The van der Waals surface area contributed by atoms with Crippen molar-refractivity contribution >= 4 is 0 Å². The SMILES string of the molecule is CC1(F)C2CC(C3C4CCC(C4)C32)C1(F)C(O)(C(F)(F)F)C(F)(F)F. The Kier molecular flexibility index (Phi) is 3.16. The van der Waals surface area contributed by atoms with Crippen LogP contribution in [0, 0.1) is 35.5 Å². The number of hydrogen-bond acceptors (Lipinski definition) is 1. The van der Waals surface area contributed by atoms with Crippen molar-refractivity contribution < 1.29 is 40.2 Å². The van der Waals surface area contributed by atoms with Gasteiger partial charge in [0, 0.05) is 5.92 Å². The van der Waals surface area contributed by atoms with Crippen molar-refractivity contribution in [2.24, 2.45) is 35.5 Å². The molecule has 1 nitrogen and oxygen atoms in total. The number of aliphatic hydroxyl groups is 1. The molecule has 4 bridgehead atoms. The maximum Gasteiger partial charge on any atom is 0.429 e. The Morgan fingerprint density at radius 1 is 0.800 bits per heavy atom. The van der Waals surface area contributed by atoms with Crippen molar-refractivity contribution in [1.82, 2.24) is 0 Å². The number of halogens is 8. The van der Waals surface area contributed by atoms with E-state index in [0.717, 1.165) is 6.42 Å². The van der Waals surface area contributed by atoms with Crippen LogP contribution in [0.15, 0.2) is 0 Å². The van der Waals surface area contributed by atoms with Crippen LogP contribution >= 0.6 is 0 Å². The van der Waals surface area contributed by atoms with Crippen molar-refractivity contribution in [3.8, 4) is 0 Å². The van der Waals surface area contributed by atoms with E-state index in [1.807, 2.05) is 0 Å². The van der Waals surface area contributed by atoms with Crippen LogP contribution in [0.5, 0.6) is 0 Å². The number of fused-ring (bicyclic) bond motifs is 9. The second kappa shape index (κ2) is 4.44. The molecule has 0 heterocycles. The van der Waals surface area contributed by atoms with Crippen LogP contribution in [-0.2, 0) is 0 Å². The highest BCUT2D eigenvalue weighted by molar-refractivity contribution is 5.32. The minimum absolute atomic E-state index is 0.0366. The molecule has 4 rings (SSSR count). The lowest BCUT2D eigenvalue weighted by molar-refractivity contribution is -0.424. The van der Waals surface area contributed by atoms with Crippen LogP contribution in [0.4, 0.5) is 35.1 Å². The third kappa shape index (κ3) is 1.66. The summed E-state index contributed by atoms with van der Waals surface area (Å²) in [6.45, 7) is 0.475. The third-order valence-electron chi connectivity index (χ3n) is 7.75. The molecule has 4 aliphatic carbocycles. The highest BCUT2D eigenvalue weighted by Crippen LogP contribution is 2.77. The fourth-order valence-electron chi connectivity index (χ4n) is 7.00. The number of rotatable bonds is 1. The smallest absolute Gasteiger partial charge is 0.371 e. The largest absolute Gasteiger partial charge is 0.429 e. The number of hydrogen-bond donors (Lipinski definition) is 1. The Morgan fingerprint density at radius 2 is 1.24 bits per heavy atom. The Morgan fingerprint density at radius 3 is 1.68 bits per heavy atom. The average molecular weight is 378 g/mol. The van der Waals surface area contributed by atoms with E-state index in [0.29, 0.717) is 19.8 Å². The molecule has 0 spiro atoms. The molecule has 25 heavy (non-hydrogen) atoms. The van der Waals surface area contributed by atoms with Gasteiger partial charge in [-0.3, -0.25) is 0 Å². The second-order valence-electron chi connectivity index (χ2n) is 8.43. The highest BCUT2D eigenvalue weighted by atomic mass is 19.4. The van der Waals surface area contributed by atoms with Gasteiger partial charge in [0.1, 0.15) is 5.67 Å². The van der Waals surface area contributed by atoms with Gasteiger partial charge in [-0.25, -0.2) is 8.78 Å². The van der Waals surface area contributed by atoms with Crippen LogP contribution in [0.1, 0.15) is 32.6 Å². The monoisotopic (exact) mass is 378 g/mol. The fourth-order valence-corrected chi connectivity index (χ4v) is 7.00. The van der Waals surface area contributed by atoms with Gasteiger partial charge >= 0.3 is 12.4 Å². The fraction of sp³-hybridized carbons (Fsp3) is 1.00. The first-order chi connectivity index (χ1) is 11.2. The van der Waals surface area contributed by atoms with Crippen LogP contribution < -0.4 is 0 Å². The van der Waals surface area contributed by atoms with Gasteiger partial charge in [-0.1, -0.05) is 0 Å². The normalized spacial score (nSPS) is 52.1. The molecule has 1 N–H and O–H groups in total. The first kappa shape index (κ1) is 17.8. The summed E-state index contributed by atoms with van der Waals surface area (Å²) in [6, 6.07) is 0. The Balaban J connectivity index is 1.89.